The average molecular weight is 599 g/mol. The van der Waals surface area contributed by atoms with Crippen LogP contribution in [-0.4, -0.2) is 19.5 Å². The number of hydrogen-bond acceptors (Lipinski definition) is 3. The van der Waals surface area contributed by atoms with Crippen LogP contribution in [0.15, 0.2) is 133 Å². The molecule has 0 N–H and O–H groups in total. The van der Waals surface area contributed by atoms with Crippen molar-refractivity contribution in [2.45, 2.75) is 19.3 Å². The first kappa shape index (κ1) is 17.6. The summed E-state index contributed by atoms with van der Waals surface area (Å²) in [5.74, 6) is -0.659. The maximum Gasteiger partial charge on any atom is 0.238 e. The second-order valence-corrected chi connectivity index (χ2v) is 12.1. The van der Waals surface area contributed by atoms with Gasteiger partial charge in [0.15, 0.2) is 11.6 Å². The fourth-order valence-electron chi connectivity index (χ4n) is 7.45. The van der Waals surface area contributed by atoms with Gasteiger partial charge in [0, 0.05) is 27.3 Å². The lowest BCUT2D eigenvalue weighted by Gasteiger charge is -2.22. The van der Waals surface area contributed by atoms with Crippen molar-refractivity contribution in [2.75, 3.05) is 0 Å². The van der Waals surface area contributed by atoms with Crippen LogP contribution in [0.3, 0.4) is 0 Å². The molecule has 216 valence electrons. The van der Waals surface area contributed by atoms with Gasteiger partial charge in [0.05, 0.1) is 24.7 Å². The molecule has 0 aliphatic heterocycles. The van der Waals surface area contributed by atoms with E-state index in [9.17, 15) is 0 Å². The van der Waals surface area contributed by atoms with Gasteiger partial charge in [-0.25, -0.2) is 4.98 Å². The predicted octanol–water partition coefficient (Wildman–Crippen LogP) is 10.4. The van der Waals surface area contributed by atoms with Crippen molar-refractivity contribution in [1.82, 2.24) is 19.5 Å². The van der Waals surface area contributed by atoms with E-state index in [-0.39, 0.29) is 34.1 Å². The molecule has 0 spiro atoms. The minimum Gasteiger partial charge on any atom is -0.278 e. The van der Waals surface area contributed by atoms with Gasteiger partial charge in [0.2, 0.25) is 5.95 Å². The van der Waals surface area contributed by atoms with Crippen LogP contribution in [0.4, 0.5) is 0 Å². The highest BCUT2D eigenvalue weighted by atomic mass is 15.2. The Morgan fingerprint density at radius 3 is 1.70 bits per heavy atom. The van der Waals surface area contributed by atoms with Crippen LogP contribution in [0.5, 0.6) is 0 Å². The van der Waals surface area contributed by atoms with Gasteiger partial charge in [-0.2, -0.15) is 9.97 Å². The van der Waals surface area contributed by atoms with E-state index in [4.69, 9.17) is 23.7 Å². The van der Waals surface area contributed by atoms with E-state index in [2.05, 4.69) is 61.3 Å². The van der Waals surface area contributed by atoms with Crippen LogP contribution in [0.25, 0.3) is 82.8 Å². The van der Waals surface area contributed by atoms with Gasteiger partial charge in [0.1, 0.15) is 0 Å². The van der Waals surface area contributed by atoms with Gasteiger partial charge in [-0.3, -0.25) is 4.57 Å². The van der Waals surface area contributed by atoms with Gasteiger partial charge in [-0.1, -0.05) is 135 Å². The Labute approximate surface area is 279 Å². The summed E-state index contributed by atoms with van der Waals surface area (Å²) in [5.41, 5.74) is 2.79. The van der Waals surface area contributed by atoms with Gasteiger partial charge < -0.3 is 0 Å². The van der Waals surface area contributed by atoms with E-state index < -0.39 is 60.4 Å². The van der Waals surface area contributed by atoms with Crippen LogP contribution in [0.2, 0.25) is 0 Å². The van der Waals surface area contributed by atoms with E-state index in [1.165, 1.54) is 5.56 Å². The highest BCUT2D eigenvalue weighted by molar-refractivity contribution is 6.35. The molecule has 1 aliphatic carbocycles. The summed E-state index contributed by atoms with van der Waals surface area (Å²) in [6, 6.07) is 19.0. The number of hydrogen-bond donors (Lipinski definition) is 0. The second kappa shape index (κ2) is 9.09. The third kappa shape index (κ3) is 3.30. The Kier molecular flexibility index (Phi) is 3.47. The molecule has 4 heteroatoms. The summed E-state index contributed by atoms with van der Waals surface area (Å²) in [6.07, 6.45) is 0. The maximum absolute atomic E-state index is 8.82. The highest BCUT2D eigenvalue weighted by Crippen LogP contribution is 2.53. The van der Waals surface area contributed by atoms with Crippen molar-refractivity contribution in [2.24, 2.45) is 0 Å². The SMILES string of the molecule is [2H]c1c([2H])c([2H])c(-c2nc(-c3c([2H])c([2H])c([2H])c([2H])c3[2H])nc(-n3c4cccc5c6ccccc6c6cccc7c6c6c(ccc3c6c54)C7(C)C)n2)c([2H])c1[2H]. The number of benzene rings is 6. The quantitative estimate of drug-likeness (QED) is 0.203. The average Bonchev–Trinajstić information content (AvgIpc) is 3.66. The van der Waals surface area contributed by atoms with Gasteiger partial charge in [-0.15, -0.1) is 0 Å². The standard InChI is InChI=1S/C42H28N4/c1-42(2)31-21-11-19-29-27-17-9-10-18-28(27)30-20-12-22-33-36(30)38-34(24-23-32(42)37(38)35(29)31)46(33)41-44-39(25-13-5-3-6-14-25)43-40(45-41)26-15-7-4-8-16-26/h3-24H,1-2H3/i3D,4D,5D,6D,7D,8D,13D,14D,15D,16D. The summed E-state index contributed by atoms with van der Waals surface area (Å²) in [4.78, 5) is 14.2. The number of fused-ring (bicyclic) bond motifs is 3. The Bertz CT molecular complexity index is 3150. The first-order valence-corrected chi connectivity index (χ1v) is 15.0. The summed E-state index contributed by atoms with van der Waals surface area (Å²) < 4.78 is 87.2. The van der Waals surface area contributed by atoms with E-state index in [1.807, 2.05) is 34.9 Å². The zero-order valence-electron chi connectivity index (χ0n) is 34.7. The lowest BCUT2D eigenvalue weighted by Crippen LogP contribution is -2.15. The molecule has 0 unspecified atom stereocenters. The van der Waals surface area contributed by atoms with Crippen LogP contribution in [0.1, 0.15) is 38.7 Å². The third-order valence-corrected chi connectivity index (χ3v) is 9.40. The molecule has 4 nitrogen and oxygen atoms in total. The van der Waals surface area contributed by atoms with Crippen molar-refractivity contribution in [1.29, 1.82) is 0 Å². The lowest BCUT2D eigenvalue weighted by atomic mass is 9.81. The molecule has 0 amide bonds. The highest BCUT2D eigenvalue weighted by Gasteiger charge is 2.35. The molecule has 0 bridgehead atoms. The normalized spacial score (nSPS) is 16.7. The Balaban J connectivity index is 1.44. The summed E-state index contributed by atoms with van der Waals surface area (Å²) >= 11 is 0. The molecule has 1 aliphatic rings. The molecule has 0 saturated carbocycles. The number of aromatic nitrogens is 4. The van der Waals surface area contributed by atoms with Crippen molar-refractivity contribution in [3.63, 3.8) is 0 Å². The van der Waals surface area contributed by atoms with E-state index in [1.54, 1.807) is 0 Å². The molecule has 0 fully saturated rings. The molecular formula is C42H28N4. The molecule has 2 aromatic heterocycles. The molecule has 9 aromatic rings. The largest absolute Gasteiger partial charge is 0.278 e. The van der Waals surface area contributed by atoms with Crippen molar-refractivity contribution in [3.05, 3.63) is 144 Å². The minimum atomic E-state index is -0.599. The molecule has 2 heterocycles. The van der Waals surface area contributed by atoms with E-state index in [0.29, 0.717) is 11.0 Å². The van der Waals surface area contributed by atoms with Gasteiger partial charge in [0.25, 0.3) is 0 Å². The van der Waals surface area contributed by atoms with Gasteiger partial charge >= 0.3 is 0 Å². The first-order valence-electron chi connectivity index (χ1n) is 20.0. The van der Waals surface area contributed by atoms with Crippen LogP contribution in [-0.2, 0) is 5.41 Å². The van der Waals surface area contributed by atoms with Crippen LogP contribution in [0, 0.1) is 0 Å². The smallest absolute Gasteiger partial charge is 0.238 e. The van der Waals surface area contributed by atoms with E-state index in [0.717, 1.165) is 48.7 Å². The number of nitrogens with zero attached hydrogens (tertiary/aromatic N) is 4. The second-order valence-electron chi connectivity index (χ2n) is 12.1. The minimum absolute atomic E-state index is 0.0287. The zero-order chi connectivity index (χ0) is 39.3. The van der Waals surface area contributed by atoms with Crippen molar-refractivity contribution >= 4 is 54.1 Å². The molecule has 7 aromatic carbocycles. The van der Waals surface area contributed by atoms with E-state index >= 15 is 0 Å². The van der Waals surface area contributed by atoms with Crippen molar-refractivity contribution in [3.8, 4) is 28.7 Å². The van der Waals surface area contributed by atoms with Crippen LogP contribution >= 0.6 is 0 Å². The Morgan fingerprint density at radius 2 is 1.04 bits per heavy atom. The Hall–Kier alpha value is -5.87. The number of rotatable bonds is 3. The maximum atomic E-state index is 8.82. The summed E-state index contributed by atoms with van der Waals surface area (Å²) in [5, 5.41) is 8.30. The van der Waals surface area contributed by atoms with Gasteiger partial charge in [-0.05, 0) is 55.6 Å². The lowest BCUT2D eigenvalue weighted by molar-refractivity contribution is 0.663. The molecule has 10 rings (SSSR count). The molecular weight excluding hydrogens is 560 g/mol. The Morgan fingerprint density at radius 1 is 0.500 bits per heavy atom. The molecule has 0 atom stereocenters. The third-order valence-electron chi connectivity index (χ3n) is 9.40. The topological polar surface area (TPSA) is 43.6 Å². The predicted molar refractivity (Wildman–Crippen MR) is 190 cm³/mol. The molecule has 46 heavy (non-hydrogen) atoms. The summed E-state index contributed by atoms with van der Waals surface area (Å²) in [7, 11) is 0. The fraction of sp³-hybridized carbons (Fsp3) is 0.0714. The van der Waals surface area contributed by atoms with Crippen LogP contribution < -0.4 is 0 Å². The fourth-order valence-corrected chi connectivity index (χ4v) is 7.45. The van der Waals surface area contributed by atoms with Crippen molar-refractivity contribution < 1.29 is 13.7 Å². The molecule has 0 saturated heterocycles. The zero-order valence-corrected chi connectivity index (χ0v) is 24.7. The summed E-state index contributed by atoms with van der Waals surface area (Å²) in [6.45, 7) is 4.45. The molecule has 0 radical (unpaired) electrons. The first-order chi connectivity index (χ1) is 26.7. The monoisotopic (exact) mass is 598 g/mol.